The number of hydrogen-bond acceptors (Lipinski definition) is 2. The molecular formula is C14H19F3OS. The average molecular weight is 292 g/mol. The van der Waals surface area contributed by atoms with E-state index in [0.29, 0.717) is 0 Å². The Morgan fingerprint density at radius 2 is 1.74 bits per heavy atom. The Morgan fingerprint density at radius 3 is 2.37 bits per heavy atom. The molecule has 1 nitrogen and oxygen atoms in total. The molecule has 1 rings (SSSR count). The summed E-state index contributed by atoms with van der Waals surface area (Å²) in [6.07, 6.45) is 2.91. The van der Waals surface area contributed by atoms with Crippen LogP contribution in [0.25, 0.3) is 0 Å². The van der Waals surface area contributed by atoms with Gasteiger partial charge in [0.25, 0.3) is 5.78 Å². The van der Waals surface area contributed by atoms with E-state index in [2.05, 4.69) is 6.92 Å². The highest BCUT2D eigenvalue weighted by Crippen LogP contribution is 2.27. The summed E-state index contributed by atoms with van der Waals surface area (Å²) in [7, 11) is 0. The van der Waals surface area contributed by atoms with Crippen molar-refractivity contribution in [3.8, 4) is 0 Å². The molecular weight excluding hydrogens is 273 g/mol. The molecule has 0 aliphatic rings. The molecule has 0 N–H and O–H groups in total. The predicted molar refractivity (Wildman–Crippen MR) is 71.8 cm³/mol. The molecule has 0 radical (unpaired) electrons. The first kappa shape index (κ1) is 16.2. The van der Waals surface area contributed by atoms with Crippen molar-refractivity contribution in [3.63, 3.8) is 0 Å². The summed E-state index contributed by atoms with van der Waals surface area (Å²) < 4.78 is 36.7. The van der Waals surface area contributed by atoms with Crippen LogP contribution in [0, 0.1) is 0 Å². The monoisotopic (exact) mass is 292 g/mol. The lowest BCUT2D eigenvalue weighted by atomic mass is 10.1. The number of thiophene rings is 1. The summed E-state index contributed by atoms with van der Waals surface area (Å²) in [4.78, 5) is 11.7. The normalized spacial score (nSPS) is 11.8. The molecule has 0 aliphatic heterocycles. The van der Waals surface area contributed by atoms with Crippen molar-refractivity contribution in [2.24, 2.45) is 0 Å². The van der Waals surface area contributed by atoms with Gasteiger partial charge in [-0.1, -0.05) is 39.0 Å². The van der Waals surface area contributed by atoms with Crippen LogP contribution in [0.4, 0.5) is 13.2 Å². The van der Waals surface area contributed by atoms with Gasteiger partial charge in [-0.3, -0.25) is 4.79 Å². The average Bonchev–Trinajstić information content (AvgIpc) is 2.80. The van der Waals surface area contributed by atoms with Gasteiger partial charge in [0.05, 0.1) is 4.88 Å². The number of rotatable bonds is 8. The van der Waals surface area contributed by atoms with E-state index in [1.54, 1.807) is 6.07 Å². The first-order chi connectivity index (χ1) is 8.95. The van der Waals surface area contributed by atoms with Crippen LogP contribution in [-0.4, -0.2) is 12.0 Å². The molecule has 0 saturated heterocycles. The molecule has 0 amide bonds. The largest absolute Gasteiger partial charge is 0.455 e. The molecule has 1 heterocycles. The Hall–Kier alpha value is -0.840. The second kappa shape index (κ2) is 7.68. The van der Waals surface area contributed by atoms with Crippen molar-refractivity contribution >= 4 is 17.1 Å². The SMILES string of the molecule is CCCCCCCCc1ccc(C(=O)C(F)(F)F)s1. The van der Waals surface area contributed by atoms with Crippen LogP contribution in [0.5, 0.6) is 0 Å². The molecule has 19 heavy (non-hydrogen) atoms. The van der Waals surface area contributed by atoms with Crippen molar-refractivity contribution in [3.05, 3.63) is 21.9 Å². The molecule has 1 aromatic rings. The third-order valence-electron chi connectivity index (χ3n) is 2.92. The van der Waals surface area contributed by atoms with Crippen molar-refractivity contribution in [1.29, 1.82) is 0 Å². The lowest BCUT2D eigenvalue weighted by Gasteiger charge is -2.01. The van der Waals surface area contributed by atoms with Crippen LogP contribution < -0.4 is 0 Å². The first-order valence-corrected chi connectivity index (χ1v) is 7.47. The molecule has 0 unspecified atom stereocenters. The summed E-state index contributed by atoms with van der Waals surface area (Å²) in [6, 6.07) is 2.92. The Labute approximate surface area is 115 Å². The summed E-state index contributed by atoms with van der Waals surface area (Å²) in [5, 5.41) is 0. The molecule has 5 heteroatoms. The maximum absolute atomic E-state index is 12.2. The molecule has 0 spiro atoms. The maximum atomic E-state index is 12.2. The fourth-order valence-corrected chi connectivity index (χ4v) is 2.86. The summed E-state index contributed by atoms with van der Waals surface area (Å²) >= 11 is 0.967. The number of aryl methyl sites for hydroxylation is 1. The van der Waals surface area contributed by atoms with Gasteiger partial charge in [-0.25, -0.2) is 0 Å². The van der Waals surface area contributed by atoms with Gasteiger partial charge >= 0.3 is 6.18 Å². The molecule has 0 fully saturated rings. The van der Waals surface area contributed by atoms with Gasteiger partial charge < -0.3 is 0 Å². The van der Waals surface area contributed by atoms with Crippen LogP contribution in [0.3, 0.4) is 0 Å². The number of alkyl halides is 3. The van der Waals surface area contributed by atoms with Gasteiger partial charge in [0.15, 0.2) is 0 Å². The Kier molecular flexibility index (Phi) is 6.55. The highest BCUT2D eigenvalue weighted by molar-refractivity contribution is 7.14. The van der Waals surface area contributed by atoms with Crippen molar-refractivity contribution in [1.82, 2.24) is 0 Å². The summed E-state index contributed by atoms with van der Waals surface area (Å²) in [5.41, 5.74) is 0. The highest BCUT2D eigenvalue weighted by Gasteiger charge is 2.40. The van der Waals surface area contributed by atoms with E-state index in [1.165, 1.54) is 31.7 Å². The maximum Gasteiger partial charge on any atom is 0.455 e. The topological polar surface area (TPSA) is 17.1 Å². The van der Waals surface area contributed by atoms with Crippen molar-refractivity contribution in [2.45, 2.75) is 58.0 Å². The molecule has 0 saturated carbocycles. The van der Waals surface area contributed by atoms with Gasteiger partial charge in [0, 0.05) is 4.88 Å². The van der Waals surface area contributed by atoms with Crippen LogP contribution in [0.15, 0.2) is 12.1 Å². The lowest BCUT2D eigenvalue weighted by Crippen LogP contribution is -2.21. The Balaban J connectivity index is 2.33. The third-order valence-corrected chi connectivity index (χ3v) is 4.06. The van der Waals surface area contributed by atoms with E-state index in [1.807, 2.05) is 0 Å². The second-order valence-corrected chi connectivity index (χ2v) is 5.78. The van der Waals surface area contributed by atoms with Crippen molar-refractivity contribution < 1.29 is 18.0 Å². The second-order valence-electron chi connectivity index (χ2n) is 4.61. The summed E-state index contributed by atoms with van der Waals surface area (Å²) in [5.74, 6) is -1.73. The van der Waals surface area contributed by atoms with Crippen molar-refractivity contribution in [2.75, 3.05) is 0 Å². The fraction of sp³-hybridized carbons (Fsp3) is 0.643. The fourth-order valence-electron chi connectivity index (χ4n) is 1.85. The number of unbranched alkanes of at least 4 members (excludes halogenated alkanes) is 5. The quantitative estimate of drug-likeness (QED) is 0.463. The zero-order chi connectivity index (χ0) is 14.3. The number of hydrogen-bond donors (Lipinski definition) is 0. The number of Topliss-reactive ketones (excluding diaryl/α,β-unsaturated/α-hetero) is 1. The van der Waals surface area contributed by atoms with Gasteiger partial charge in [-0.15, -0.1) is 11.3 Å². The van der Waals surface area contributed by atoms with Gasteiger partial charge in [0.1, 0.15) is 0 Å². The molecule has 0 bridgehead atoms. The summed E-state index contributed by atoms with van der Waals surface area (Å²) in [6.45, 7) is 2.16. The lowest BCUT2D eigenvalue weighted by molar-refractivity contribution is -0.0882. The van der Waals surface area contributed by atoms with Gasteiger partial charge in [-0.05, 0) is 25.0 Å². The number of ketones is 1. The van der Waals surface area contributed by atoms with E-state index >= 15 is 0 Å². The molecule has 0 aliphatic carbocycles. The van der Waals surface area contributed by atoms with E-state index in [0.717, 1.165) is 35.5 Å². The minimum Gasteiger partial charge on any atom is -0.283 e. The van der Waals surface area contributed by atoms with Crippen LogP contribution in [0.1, 0.15) is 60.0 Å². The van der Waals surface area contributed by atoms with Crippen LogP contribution in [-0.2, 0) is 6.42 Å². The van der Waals surface area contributed by atoms with Crippen LogP contribution >= 0.6 is 11.3 Å². The van der Waals surface area contributed by atoms with E-state index < -0.39 is 12.0 Å². The third kappa shape index (κ3) is 5.76. The highest BCUT2D eigenvalue weighted by atomic mass is 32.1. The molecule has 108 valence electrons. The molecule has 0 aromatic carbocycles. The molecule has 0 atom stereocenters. The van der Waals surface area contributed by atoms with E-state index in [4.69, 9.17) is 0 Å². The van der Waals surface area contributed by atoms with Gasteiger partial charge in [0.2, 0.25) is 0 Å². The predicted octanol–water partition coefficient (Wildman–Crippen LogP) is 5.40. The minimum absolute atomic E-state index is 0.200. The minimum atomic E-state index is -4.76. The number of carbonyl (C=O) groups is 1. The van der Waals surface area contributed by atoms with Gasteiger partial charge in [-0.2, -0.15) is 13.2 Å². The first-order valence-electron chi connectivity index (χ1n) is 6.65. The van der Waals surface area contributed by atoms with Crippen LogP contribution in [0.2, 0.25) is 0 Å². The Bertz CT molecular complexity index is 396. The number of carbonyl (C=O) groups excluding carboxylic acids is 1. The molecule has 1 aromatic heterocycles. The zero-order valence-electron chi connectivity index (χ0n) is 11.1. The van der Waals surface area contributed by atoms with E-state index in [9.17, 15) is 18.0 Å². The van der Waals surface area contributed by atoms with E-state index in [-0.39, 0.29) is 4.88 Å². The number of halogens is 3. The standard InChI is InChI=1S/C14H19F3OS/c1-2-3-4-5-6-7-8-11-9-10-12(19-11)13(18)14(15,16)17/h9-10H,2-8H2,1H3. The smallest absolute Gasteiger partial charge is 0.283 e. The Morgan fingerprint density at radius 1 is 1.11 bits per heavy atom. The zero-order valence-corrected chi connectivity index (χ0v) is 11.9.